The number of rotatable bonds is 4. The lowest BCUT2D eigenvalue weighted by molar-refractivity contribution is 0.929. The van der Waals surface area contributed by atoms with Gasteiger partial charge < -0.3 is 15.2 Å². The van der Waals surface area contributed by atoms with Crippen molar-refractivity contribution in [3.05, 3.63) is 63.8 Å². The fourth-order valence-corrected chi connectivity index (χ4v) is 3.01. The number of fused-ring (bicyclic) bond motifs is 1. The maximum atomic E-state index is 4.62. The van der Waals surface area contributed by atoms with Gasteiger partial charge in [0.05, 0.1) is 6.33 Å². The smallest absolute Gasteiger partial charge is 0.231 e. The Labute approximate surface area is 167 Å². The van der Waals surface area contributed by atoms with E-state index in [1.165, 1.54) is 0 Å². The molecule has 2 aromatic heterocycles. The summed E-state index contributed by atoms with van der Waals surface area (Å²) in [5.74, 6) is 1.15. The number of anilines is 4. The first-order valence-electron chi connectivity index (χ1n) is 7.83. The van der Waals surface area contributed by atoms with Gasteiger partial charge in [0.2, 0.25) is 5.95 Å². The zero-order valence-electron chi connectivity index (χ0n) is 13.7. The van der Waals surface area contributed by atoms with Crippen LogP contribution in [0.1, 0.15) is 0 Å². The topological polar surface area (TPSA) is 67.7 Å². The van der Waals surface area contributed by atoms with Crippen molar-refractivity contribution in [1.29, 1.82) is 0 Å². The quantitative estimate of drug-likeness (QED) is 0.416. The zero-order valence-corrected chi connectivity index (χ0v) is 16.9. The van der Waals surface area contributed by atoms with Gasteiger partial charge in [-0.3, -0.25) is 0 Å². The molecule has 6 nitrogen and oxygen atoms in total. The standard InChI is InChI=1S/C18H14Br2N6/c1-26-10-21-15-16(22-13-6-2-11(19)3-7-13)24-18(25-17(15)26)23-14-8-4-12(20)5-9-14/h2-10H,1H3,(H2,22,23,24,25). The third-order valence-electron chi connectivity index (χ3n) is 3.77. The molecule has 0 bridgehead atoms. The highest BCUT2D eigenvalue weighted by atomic mass is 79.9. The summed E-state index contributed by atoms with van der Waals surface area (Å²) in [7, 11) is 1.91. The van der Waals surface area contributed by atoms with Gasteiger partial charge in [-0.15, -0.1) is 0 Å². The predicted octanol–water partition coefficient (Wildman–Crippen LogP) is 5.38. The molecule has 0 aliphatic heterocycles. The summed E-state index contributed by atoms with van der Waals surface area (Å²) in [5, 5.41) is 6.57. The van der Waals surface area contributed by atoms with E-state index in [1.54, 1.807) is 6.33 Å². The Morgan fingerprint density at radius 3 is 2.00 bits per heavy atom. The second-order valence-electron chi connectivity index (χ2n) is 5.69. The highest BCUT2D eigenvalue weighted by molar-refractivity contribution is 9.10. The minimum Gasteiger partial charge on any atom is -0.338 e. The van der Waals surface area contributed by atoms with Crippen LogP contribution in [0.4, 0.5) is 23.1 Å². The number of nitrogens with one attached hydrogen (secondary N) is 2. The van der Waals surface area contributed by atoms with Crippen molar-refractivity contribution in [3.8, 4) is 0 Å². The van der Waals surface area contributed by atoms with Gasteiger partial charge in [-0.1, -0.05) is 31.9 Å². The molecule has 130 valence electrons. The van der Waals surface area contributed by atoms with E-state index in [4.69, 9.17) is 0 Å². The maximum Gasteiger partial charge on any atom is 0.231 e. The van der Waals surface area contributed by atoms with Crippen molar-refractivity contribution in [2.24, 2.45) is 7.05 Å². The van der Waals surface area contributed by atoms with Crippen LogP contribution >= 0.6 is 31.9 Å². The number of hydrogen-bond donors (Lipinski definition) is 2. The fourth-order valence-electron chi connectivity index (χ4n) is 2.48. The minimum atomic E-state index is 0.503. The van der Waals surface area contributed by atoms with Crippen molar-refractivity contribution < 1.29 is 0 Å². The van der Waals surface area contributed by atoms with Crippen LogP contribution in [0.5, 0.6) is 0 Å². The lowest BCUT2D eigenvalue weighted by Crippen LogP contribution is -2.03. The number of benzene rings is 2. The number of nitrogens with zero attached hydrogens (tertiary/aromatic N) is 4. The summed E-state index contributed by atoms with van der Waals surface area (Å²) >= 11 is 6.88. The van der Waals surface area contributed by atoms with Crippen molar-refractivity contribution in [2.45, 2.75) is 0 Å². The molecule has 8 heteroatoms. The summed E-state index contributed by atoms with van der Waals surface area (Å²) in [6.07, 6.45) is 1.73. The number of aromatic nitrogens is 4. The fraction of sp³-hybridized carbons (Fsp3) is 0.0556. The molecule has 0 saturated carbocycles. The van der Waals surface area contributed by atoms with Crippen molar-refractivity contribution in [1.82, 2.24) is 19.5 Å². The third kappa shape index (κ3) is 3.56. The molecule has 0 radical (unpaired) electrons. The van der Waals surface area contributed by atoms with Gasteiger partial charge in [-0.25, -0.2) is 4.98 Å². The van der Waals surface area contributed by atoms with Crippen molar-refractivity contribution in [2.75, 3.05) is 10.6 Å². The first-order chi connectivity index (χ1) is 12.6. The van der Waals surface area contributed by atoms with Crippen molar-refractivity contribution in [3.63, 3.8) is 0 Å². The Balaban J connectivity index is 1.73. The second-order valence-corrected chi connectivity index (χ2v) is 7.52. The summed E-state index contributed by atoms with van der Waals surface area (Å²) in [5.41, 5.74) is 3.30. The summed E-state index contributed by atoms with van der Waals surface area (Å²) in [4.78, 5) is 13.6. The molecule has 0 saturated heterocycles. The van der Waals surface area contributed by atoms with E-state index >= 15 is 0 Å². The van der Waals surface area contributed by atoms with Gasteiger partial charge in [0, 0.05) is 27.4 Å². The zero-order chi connectivity index (χ0) is 18.1. The molecule has 4 aromatic rings. The van der Waals surface area contributed by atoms with Gasteiger partial charge in [-0.2, -0.15) is 9.97 Å². The Bertz CT molecular complexity index is 1060. The van der Waals surface area contributed by atoms with E-state index in [-0.39, 0.29) is 0 Å². The molecule has 2 aromatic carbocycles. The summed E-state index contributed by atoms with van der Waals surface area (Å²) < 4.78 is 3.91. The van der Waals surface area contributed by atoms with E-state index in [0.717, 1.165) is 31.5 Å². The Kier molecular flexibility index (Phi) is 4.60. The van der Waals surface area contributed by atoms with Gasteiger partial charge in [0.15, 0.2) is 17.0 Å². The van der Waals surface area contributed by atoms with Crippen molar-refractivity contribution >= 4 is 66.2 Å². The molecule has 0 unspecified atom stereocenters. The maximum absolute atomic E-state index is 4.62. The lowest BCUT2D eigenvalue weighted by atomic mass is 10.3. The van der Waals surface area contributed by atoms with Crippen LogP contribution in [0, 0.1) is 0 Å². The SMILES string of the molecule is Cn1cnc2c(Nc3ccc(Br)cc3)nc(Nc3ccc(Br)cc3)nc21. The van der Waals surface area contributed by atoms with Crippen LogP contribution in [-0.4, -0.2) is 19.5 Å². The van der Waals surface area contributed by atoms with Gasteiger partial charge in [-0.05, 0) is 48.5 Å². The van der Waals surface area contributed by atoms with Gasteiger partial charge >= 0.3 is 0 Å². The predicted molar refractivity (Wildman–Crippen MR) is 111 cm³/mol. The highest BCUT2D eigenvalue weighted by Crippen LogP contribution is 2.26. The molecule has 26 heavy (non-hydrogen) atoms. The number of aryl methyl sites for hydroxylation is 1. The second kappa shape index (κ2) is 7.05. The molecule has 0 amide bonds. The van der Waals surface area contributed by atoms with E-state index in [9.17, 15) is 0 Å². The molecule has 0 aliphatic rings. The van der Waals surface area contributed by atoms with Gasteiger partial charge in [0.25, 0.3) is 0 Å². The molecule has 0 atom stereocenters. The number of imidazole rings is 1. The highest BCUT2D eigenvalue weighted by Gasteiger charge is 2.12. The molecule has 4 rings (SSSR count). The third-order valence-corrected chi connectivity index (χ3v) is 4.82. The minimum absolute atomic E-state index is 0.503. The normalized spacial score (nSPS) is 10.9. The monoisotopic (exact) mass is 472 g/mol. The average Bonchev–Trinajstić information content (AvgIpc) is 3.00. The van der Waals surface area contributed by atoms with Crippen LogP contribution in [0.3, 0.4) is 0 Å². The molecule has 0 spiro atoms. The Morgan fingerprint density at radius 2 is 1.38 bits per heavy atom. The largest absolute Gasteiger partial charge is 0.338 e. The summed E-state index contributed by atoms with van der Waals surface area (Å²) in [6, 6.07) is 15.7. The Morgan fingerprint density at radius 1 is 0.808 bits per heavy atom. The number of halogens is 2. The first kappa shape index (κ1) is 17.0. The van der Waals surface area contributed by atoms with Gasteiger partial charge in [0.1, 0.15) is 0 Å². The van der Waals surface area contributed by atoms with Crippen LogP contribution in [0.2, 0.25) is 0 Å². The number of hydrogen-bond acceptors (Lipinski definition) is 5. The van der Waals surface area contributed by atoms with Crippen LogP contribution in [-0.2, 0) is 7.05 Å². The lowest BCUT2D eigenvalue weighted by Gasteiger charge is -2.10. The molecular formula is C18H14Br2N6. The molecular weight excluding hydrogens is 460 g/mol. The van der Waals surface area contributed by atoms with E-state index in [1.807, 2.05) is 60.1 Å². The molecule has 2 heterocycles. The average molecular weight is 474 g/mol. The van der Waals surface area contributed by atoms with Crippen LogP contribution in [0.25, 0.3) is 11.2 Å². The molecule has 0 aliphatic carbocycles. The molecule has 0 fully saturated rings. The van der Waals surface area contributed by atoms with Crippen LogP contribution < -0.4 is 10.6 Å². The Hall–Kier alpha value is -2.45. The summed E-state index contributed by atoms with van der Waals surface area (Å²) in [6.45, 7) is 0. The van der Waals surface area contributed by atoms with E-state index < -0.39 is 0 Å². The van der Waals surface area contributed by atoms with E-state index in [0.29, 0.717) is 11.8 Å². The molecule has 2 N–H and O–H groups in total. The van der Waals surface area contributed by atoms with Crippen LogP contribution in [0.15, 0.2) is 63.8 Å². The first-order valence-corrected chi connectivity index (χ1v) is 9.41. The van der Waals surface area contributed by atoms with E-state index in [2.05, 4.69) is 57.4 Å².